The van der Waals surface area contributed by atoms with Crippen LogP contribution in [0.15, 0.2) is 34.9 Å². The maximum absolute atomic E-state index is 12.1. The molecule has 2 aromatic rings. The molecule has 4 nitrogen and oxygen atoms in total. The number of aliphatic hydroxyl groups excluding tert-OH is 1. The molecule has 106 valence electrons. The van der Waals surface area contributed by atoms with E-state index in [-0.39, 0.29) is 18.1 Å². The summed E-state index contributed by atoms with van der Waals surface area (Å²) in [5, 5.41) is 13.5. The maximum atomic E-state index is 12.1. The second-order valence-corrected chi connectivity index (χ2v) is 5.51. The lowest BCUT2D eigenvalue weighted by atomic mass is 9.93. The minimum atomic E-state index is -0.194. The van der Waals surface area contributed by atoms with Gasteiger partial charge in [-0.15, -0.1) is 0 Å². The summed E-state index contributed by atoms with van der Waals surface area (Å²) in [6.45, 7) is 0. The second kappa shape index (κ2) is 5.67. The predicted octanol–water partition coefficient (Wildman–Crippen LogP) is 2.40. The first-order valence-corrected chi connectivity index (χ1v) is 7.15. The summed E-state index contributed by atoms with van der Waals surface area (Å²) in [6, 6.07) is 7.94. The molecule has 0 spiro atoms. The van der Waals surface area contributed by atoms with Crippen molar-refractivity contribution in [2.24, 2.45) is 0 Å². The highest BCUT2D eigenvalue weighted by Crippen LogP contribution is 2.22. The molecule has 20 heavy (non-hydrogen) atoms. The van der Waals surface area contributed by atoms with Gasteiger partial charge in [-0.25, -0.2) is 0 Å². The van der Waals surface area contributed by atoms with Gasteiger partial charge in [0.05, 0.1) is 18.8 Å². The Morgan fingerprint density at radius 1 is 1.25 bits per heavy atom. The van der Waals surface area contributed by atoms with Gasteiger partial charge in [0.2, 0.25) is 5.91 Å². The van der Waals surface area contributed by atoms with E-state index in [9.17, 15) is 9.90 Å². The summed E-state index contributed by atoms with van der Waals surface area (Å²) in [4.78, 5) is 12.1. The van der Waals surface area contributed by atoms with E-state index >= 15 is 0 Å². The molecule has 1 aromatic heterocycles. The Labute approximate surface area is 117 Å². The Bertz CT molecular complexity index is 597. The van der Waals surface area contributed by atoms with Crippen molar-refractivity contribution < 1.29 is 14.3 Å². The number of benzene rings is 1. The quantitative estimate of drug-likeness (QED) is 0.902. The van der Waals surface area contributed by atoms with Crippen molar-refractivity contribution in [1.29, 1.82) is 0 Å². The van der Waals surface area contributed by atoms with E-state index in [4.69, 9.17) is 4.42 Å². The zero-order chi connectivity index (χ0) is 13.9. The Kier molecular flexibility index (Phi) is 3.74. The first kappa shape index (κ1) is 13.2. The summed E-state index contributed by atoms with van der Waals surface area (Å²) in [5.41, 5.74) is 1.74. The fourth-order valence-electron chi connectivity index (χ4n) is 2.84. The zero-order valence-electron chi connectivity index (χ0n) is 11.3. The molecular formula is C16H19NO3. The van der Waals surface area contributed by atoms with Gasteiger partial charge in [0.25, 0.3) is 0 Å². The number of carbonyl (C=O) groups is 1. The molecule has 2 N–H and O–H groups in total. The van der Waals surface area contributed by atoms with Crippen LogP contribution in [-0.2, 0) is 11.2 Å². The molecule has 1 saturated carbocycles. The summed E-state index contributed by atoms with van der Waals surface area (Å²) >= 11 is 0. The fraction of sp³-hybridized carbons (Fsp3) is 0.438. The van der Waals surface area contributed by atoms with Crippen LogP contribution in [0, 0.1) is 0 Å². The van der Waals surface area contributed by atoms with Crippen molar-refractivity contribution in [1.82, 2.24) is 5.32 Å². The fourth-order valence-corrected chi connectivity index (χ4v) is 2.84. The third-order valence-corrected chi connectivity index (χ3v) is 3.97. The minimum Gasteiger partial charge on any atom is -0.464 e. The molecule has 0 atom stereocenters. The lowest BCUT2D eigenvalue weighted by Gasteiger charge is -2.26. The molecule has 1 aliphatic carbocycles. The standard InChI is InChI=1S/C16H19NO3/c18-13-7-5-12(6-8-13)17-16(19)9-11-10-20-15-4-2-1-3-14(11)15/h1-4,10,12-13,18H,5-9H2,(H,17,19). The number of furan rings is 1. The lowest BCUT2D eigenvalue weighted by molar-refractivity contribution is -0.121. The van der Waals surface area contributed by atoms with Crippen LogP contribution < -0.4 is 5.32 Å². The van der Waals surface area contributed by atoms with Crippen LogP contribution in [0.1, 0.15) is 31.2 Å². The van der Waals surface area contributed by atoms with Crippen molar-refractivity contribution in [3.8, 4) is 0 Å². The number of rotatable bonds is 3. The number of hydrogen-bond donors (Lipinski definition) is 2. The molecule has 1 heterocycles. The van der Waals surface area contributed by atoms with Crippen LogP contribution in [0.5, 0.6) is 0 Å². The number of hydrogen-bond acceptors (Lipinski definition) is 3. The highest BCUT2D eigenvalue weighted by Gasteiger charge is 2.21. The van der Waals surface area contributed by atoms with Gasteiger partial charge < -0.3 is 14.8 Å². The zero-order valence-corrected chi connectivity index (χ0v) is 11.3. The van der Waals surface area contributed by atoms with Crippen LogP contribution >= 0.6 is 0 Å². The van der Waals surface area contributed by atoms with Gasteiger partial charge in [0.15, 0.2) is 0 Å². The number of para-hydroxylation sites is 1. The Balaban J connectivity index is 1.61. The number of amides is 1. The molecule has 3 rings (SSSR count). The van der Waals surface area contributed by atoms with Crippen molar-refractivity contribution in [3.05, 3.63) is 36.1 Å². The van der Waals surface area contributed by atoms with E-state index in [0.29, 0.717) is 6.42 Å². The van der Waals surface area contributed by atoms with Gasteiger partial charge in [0.1, 0.15) is 5.58 Å². The minimum absolute atomic E-state index is 0.0259. The smallest absolute Gasteiger partial charge is 0.224 e. The van der Waals surface area contributed by atoms with Crippen LogP contribution in [0.2, 0.25) is 0 Å². The summed E-state index contributed by atoms with van der Waals surface area (Å²) in [5.74, 6) is 0.0259. The molecule has 1 aromatic carbocycles. The molecule has 0 aliphatic heterocycles. The highest BCUT2D eigenvalue weighted by molar-refractivity contribution is 5.87. The average Bonchev–Trinajstić information content (AvgIpc) is 2.85. The molecule has 1 amide bonds. The number of carbonyl (C=O) groups excluding carboxylic acids is 1. The largest absolute Gasteiger partial charge is 0.464 e. The summed E-state index contributed by atoms with van der Waals surface area (Å²) < 4.78 is 5.44. The van der Waals surface area contributed by atoms with E-state index in [0.717, 1.165) is 42.2 Å². The SMILES string of the molecule is O=C(Cc1coc2ccccc12)NC1CCC(O)CC1. The average molecular weight is 273 g/mol. The van der Waals surface area contributed by atoms with Gasteiger partial charge in [-0.1, -0.05) is 18.2 Å². The monoisotopic (exact) mass is 273 g/mol. The van der Waals surface area contributed by atoms with Crippen LogP contribution in [0.3, 0.4) is 0 Å². The molecule has 4 heteroatoms. The van der Waals surface area contributed by atoms with Gasteiger partial charge in [0, 0.05) is 17.0 Å². The molecule has 0 radical (unpaired) electrons. The number of aliphatic hydroxyl groups is 1. The Morgan fingerprint density at radius 2 is 2.00 bits per heavy atom. The van der Waals surface area contributed by atoms with Gasteiger partial charge in [-0.2, -0.15) is 0 Å². The molecule has 1 fully saturated rings. The molecule has 0 unspecified atom stereocenters. The van der Waals surface area contributed by atoms with E-state index in [1.165, 1.54) is 0 Å². The van der Waals surface area contributed by atoms with Crippen LogP contribution in [0.4, 0.5) is 0 Å². The topological polar surface area (TPSA) is 62.5 Å². The van der Waals surface area contributed by atoms with Gasteiger partial charge in [-0.05, 0) is 31.7 Å². The number of nitrogens with one attached hydrogen (secondary N) is 1. The van der Waals surface area contributed by atoms with Crippen molar-refractivity contribution >= 4 is 16.9 Å². The Hall–Kier alpha value is -1.81. The Morgan fingerprint density at radius 3 is 2.80 bits per heavy atom. The second-order valence-electron chi connectivity index (χ2n) is 5.51. The van der Waals surface area contributed by atoms with Crippen molar-refractivity contribution in [3.63, 3.8) is 0 Å². The van der Waals surface area contributed by atoms with Gasteiger partial charge in [-0.3, -0.25) is 4.79 Å². The van der Waals surface area contributed by atoms with Crippen molar-refractivity contribution in [2.45, 2.75) is 44.2 Å². The normalized spacial score (nSPS) is 22.9. The van der Waals surface area contributed by atoms with Crippen molar-refractivity contribution in [2.75, 3.05) is 0 Å². The first-order valence-electron chi connectivity index (χ1n) is 7.15. The van der Waals surface area contributed by atoms with E-state index < -0.39 is 0 Å². The molecular weight excluding hydrogens is 254 g/mol. The molecule has 0 saturated heterocycles. The third-order valence-electron chi connectivity index (χ3n) is 3.97. The maximum Gasteiger partial charge on any atom is 0.224 e. The van der Waals surface area contributed by atoms with Gasteiger partial charge >= 0.3 is 0 Å². The highest BCUT2D eigenvalue weighted by atomic mass is 16.3. The van der Waals surface area contributed by atoms with E-state index in [1.54, 1.807) is 6.26 Å². The lowest BCUT2D eigenvalue weighted by Crippen LogP contribution is -2.39. The van der Waals surface area contributed by atoms with Crippen LogP contribution in [0.25, 0.3) is 11.0 Å². The molecule has 1 aliphatic rings. The first-order chi connectivity index (χ1) is 9.72. The van der Waals surface area contributed by atoms with Crippen LogP contribution in [-0.4, -0.2) is 23.2 Å². The summed E-state index contributed by atoms with van der Waals surface area (Å²) in [7, 11) is 0. The summed E-state index contributed by atoms with van der Waals surface area (Å²) in [6.07, 6.45) is 5.09. The van der Waals surface area contributed by atoms with E-state index in [2.05, 4.69) is 5.32 Å². The molecule has 0 bridgehead atoms. The van der Waals surface area contributed by atoms with E-state index in [1.807, 2.05) is 24.3 Å². The predicted molar refractivity (Wildman–Crippen MR) is 76.3 cm³/mol. The third kappa shape index (κ3) is 2.85. The number of fused-ring (bicyclic) bond motifs is 1.